The molecular formula is C16H17ClO2S. The fourth-order valence-corrected chi connectivity index (χ4v) is 3.12. The summed E-state index contributed by atoms with van der Waals surface area (Å²) in [5.74, 6) is 0.175. The van der Waals surface area contributed by atoms with Crippen molar-refractivity contribution in [2.45, 2.75) is 24.2 Å². The number of hydrogen-bond donors (Lipinski definition) is 0. The SMILES string of the molecule is CCC(c1ccc(Cl)cc1)c1cccc(S(C)(=O)=O)c1. The normalized spacial score (nSPS) is 13.2. The van der Waals surface area contributed by atoms with Crippen LogP contribution in [0.25, 0.3) is 0 Å². The van der Waals surface area contributed by atoms with Gasteiger partial charge < -0.3 is 0 Å². The van der Waals surface area contributed by atoms with E-state index in [9.17, 15) is 8.42 Å². The fourth-order valence-electron chi connectivity index (χ4n) is 2.32. The third-order valence-corrected chi connectivity index (χ3v) is 4.73. The second kappa shape index (κ2) is 5.98. The maximum absolute atomic E-state index is 11.7. The van der Waals surface area contributed by atoms with Gasteiger partial charge in [-0.3, -0.25) is 0 Å². The lowest BCUT2D eigenvalue weighted by Gasteiger charge is -2.17. The summed E-state index contributed by atoms with van der Waals surface area (Å²) in [7, 11) is -3.18. The lowest BCUT2D eigenvalue weighted by molar-refractivity contribution is 0.601. The van der Waals surface area contributed by atoms with Crippen molar-refractivity contribution in [3.05, 3.63) is 64.7 Å². The zero-order valence-electron chi connectivity index (χ0n) is 11.5. The van der Waals surface area contributed by atoms with Gasteiger partial charge in [-0.25, -0.2) is 8.42 Å². The minimum Gasteiger partial charge on any atom is -0.224 e. The summed E-state index contributed by atoms with van der Waals surface area (Å²) in [5.41, 5.74) is 2.15. The molecule has 2 nitrogen and oxygen atoms in total. The van der Waals surface area contributed by atoms with E-state index in [1.807, 2.05) is 30.3 Å². The number of sulfone groups is 1. The van der Waals surface area contributed by atoms with Gasteiger partial charge in [-0.1, -0.05) is 42.8 Å². The van der Waals surface area contributed by atoms with Crippen LogP contribution in [0.2, 0.25) is 5.02 Å². The van der Waals surface area contributed by atoms with Crippen molar-refractivity contribution in [2.24, 2.45) is 0 Å². The van der Waals surface area contributed by atoms with Gasteiger partial charge in [0, 0.05) is 17.2 Å². The Hall–Kier alpha value is -1.32. The summed E-state index contributed by atoms with van der Waals surface area (Å²) in [6.07, 6.45) is 2.13. The van der Waals surface area contributed by atoms with Crippen molar-refractivity contribution >= 4 is 21.4 Å². The molecule has 0 heterocycles. The Balaban J connectivity index is 2.44. The van der Waals surface area contributed by atoms with E-state index < -0.39 is 9.84 Å². The van der Waals surface area contributed by atoms with Crippen molar-refractivity contribution in [3.63, 3.8) is 0 Å². The van der Waals surface area contributed by atoms with Crippen LogP contribution in [-0.2, 0) is 9.84 Å². The molecular weight excluding hydrogens is 292 g/mol. The Bertz CT molecular complexity index is 691. The van der Waals surface area contributed by atoms with E-state index in [1.165, 1.54) is 6.26 Å². The molecule has 106 valence electrons. The molecule has 2 aromatic rings. The molecule has 4 heteroatoms. The maximum atomic E-state index is 11.7. The van der Waals surface area contributed by atoms with Crippen LogP contribution in [0.3, 0.4) is 0 Å². The topological polar surface area (TPSA) is 34.1 Å². The van der Waals surface area contributed by atoms with Crippen molar-refractivity contribution in [3.8, 4) is 0 Å². The molecule has 1 unspecified atom stereocenters. The fraction of sp³-hybridized carbons (Fsp3) is 0.250. The number of halogens is 1. The summed E-state index contributed by atoms with van der Waals surface area (Å²) in [6, 6.07) is 14.9. The molecule has 0 saturated heterocycles. The molecule has 0 aliphatic heterocycles. The Morgan fingerprint density at radius 3 is 2.25 bits per heavy atom. The molecule has 0 fully saturated rings. The van der Waals surface area contributed by atoms with Crippen LogP contribution >= 0.6 is 11.6 Å². The minimum atomic E-state index is -3.18. The standard InChI is InChI=1S/C16H17ClO2S/c1-3-16(12-7-9-14(17)10-8-12)13-5-4-6-15(11-13)20(2,18)19/h4-11,16H,3H2,1-2H3. The highest BCUT2D eigenvalue weighted by Crippen LogP contribution is 2.30. The van der Waals surface area contributed by atoms with E-state index in [0.717, 1.165) is 17.5 Å². The molecule has 0 aliphatic rings. The third kappa shape index (κ3) is 3.41. The zero-order valence-corrected chi connectivity index (χ0v) is 13.1. The first kappa shape index (κ1) is 15.1. The van der Waals surface area contributed by atoms with Gasteiger partial charge in [0.15, 0.2) is 9.84 Å². The van der Waals surface area contributed by atoms with Crippen LogP contribution in [-0.4, -0.2) is 14.7 Å². The molecule has 0 aromatic heterocycles. The molecule has 1 atom stereocenters. The second-order valence-corrected chi connectivity index (χ2v) is 7.31. The van der Waals surface area contributed by atoms with E-state index in [4.69, 9.17) is 11.6 Å². The van der Waals surface area contributed by atoms with E-state index in [2.05, 4.69) is 6.92 Å². The van der Waals surface area contributed by atoms with Gasteiger partial charge in [0.1, 0.15) is 0 Å². The summed E-state index contributed by atoms with van der Waals surface area (Å²) in [5, 5.41) is 0.702. The molecule has 2 rings (SSSR count). The average molecular weight is 309 g/mol. The highest BCUT2D eigenvalue weighted by atomic mass is 35.5. The Morgan fingerprint density at radius 1 is 1.05 bits per heavy atom. The second-order valence-electron chi connectivity index (χ2n) is 4.86. The molecule has 20 heavy (non-hydrogen) atoms. The van der Waals surface area contributed by atoms with Crippen molar-refractivity contribution in [2.75, 3.05) is 6.26 Å². The Morgan fingerprint density at radius 2 is 1.70 bits per heavy atom. The zero-order chi connectivity index (χ0) is 14.8. The first-order valence-electron chi connectivity index (χ1n) is 6.47. The van der Waals surface area contributed by atoms with Crippen LogP contribution in [0, 0.1) is 0 Å². The largest absolute Gasteiger partial charge is 0.224 e. The maximum Gasteiger partial charge on any atom is 0.175 e. The first-order chi connectivity index (χ1) is 9.41. The number of rotatable bonds is 4. The predicted molar refractivity (Wildman–Crippen MR) is 83.1 cm³/mol. The van der Waals surface area contributed by atoms with Crippen molar-refractivity contribution < 1.29 is 8.42 Å². The van der Waals surface area contributed by atoms with E-state index in [1.54, 1.807) is 18.2 Å². The van der Waals surface area contributed by atoms with E-state index >= 15 is 0 Å². The van der Waals surface area contributed by atoms with Gasteiger partial charge in [0.25, 0.3) is 0 Å². The highest BCUT2D eigenvalue weighted by Gasteiger charge is 2.15. The van der Waals surface area contributed by atoms with Gasteiger partial charge in [-0.15, -0.1) is 0 Å². The van der Waals surface area contributed by atoms with Gasteiger partial charge in [0.2, 0.25) is 0 Å². The molecule has 0 spiro atoms. The average Bonchev–Trinajstić information content (AvgIpc) is 2.41. The lowest BCUT2D eigenvalue weighted by Crippen LogP contribution is -2.03. The monoisotopic (exact) mass is 308 g/mol. The van der Waals surface area contributed by atoms with Gasteiger partial charge in [-0.2, -0.15) is 0 Å². The smallest absolute Gasteiger partial charge is 0.175 e. The van der Waals surface area contributed by atoms with Crippen LogP contribution in [0.15, 0.2) is 53.4 Å². The molecule has 0 bridgehead atoms. The molecule has 0 amide bonds. The molecule has 0 radical (unpaired) electrons. The summed E-state index contributed by atoms with van der Waals surface area (Å²) < 4.78 is 23.3. The predicted octanol–water partition coefficient (Wildman–Crippen LogP) is 4.29. The van der Waals surface area contributed by atoms with Crippen LogP contribution in [0.1, 0.15) is 30.4 Å². The molecule has 0 N–H and O–H groups in total. The number of hydrogen-bond acceptors (Lipinski definition) is 2. The van der Waals surface area contributed by atoms with Gasteiger partial charge in [-0.05, 0) is 41.8 Å². The molecule has 0 saturated carbocycles. The van der Waals surface area contributed by atoms with Crippen LogP contribution in [0.4, 0.5) is 0 Å². The van der Waals surface area contributed by atoms with Gasteiger partial charge >= 0.3 is 0 Å². The van der Waals surface area contributed by atoms with Crippen LogP contribution < -0.4 is 0 Å². The van der Waals surface area contributed by atoms with Crippen molar-refractivity contribution in [1.29, 1.82) is 0 Å². The Labute approximate surface area is 125 Å². The number of benzene rings is 2. The third-order valence-electron chi connectivity index (χ3n) is 3.37. The summed E-state index contributed by atoms with van der Waals surface area (Å²) in [4.78, 5) is 0.363. The summed E-state index contributed by atoms with van der Waals surface area (Å²) >= 11 is 5.91. The first-order valence-corrected chi connectivity index (χ1v) is 8.74. The minimum absolute atomic E-state index is 0.175. The van der Waals surface area contributed by atoms with Crippen molar-refractivity contribution in [1.82, 2.24) is 0 Å². The molecule has 2 aromatic carbocycles. The highest BCUT2D eigenvalue weighted by molar-refractivity contribution is 7.90. The van der Waals surface area contributed by atoms with E-state index in [0.29, 0.717) is 9.92 Å². The van der Waals surface area contributed by atoms with Gasteiger partial charge in [0.05, 0.1) is 4.90 Å². The van der Waals surface area contributed by atoms with Crippen LogP contribution in [0.5, 0.6) is 0 Å². The molecule has 0 aliphatic carbocycles. The van der Waals surface area contributed by atoms with E-state index in [-0.39, 0.29) is 5.92 Å². The Kier molecular flexibility index (Phi) is 4.51. The lowest BCUT2D eigenvalue weighted by atomic mass is 9.89. The quantitative estimate of drug-likeness (QED) is 0.844. The summed E-state index contributed by atoms with van der Waals surface area (Å²) in [6.45, 7) is 2.09.